The summed E-state index contributed by atoms with van der Waals surface area (Å²) in [6, 6.07) is 13.0. The van der Waals surface area contributed by atoms with Crippen molar-refractivity contribution >= 4 is 56.5 Å². The molecule has 0 spiro atoms. The summed E-state index contributed by atoms with van der Waals surface area (Å²) in [6.07, 6.45) is 1.70. The Labute approximate surface area is 162 Å². The number of ether oxygens (including phenoxy) is 1. The van der Waals surface area contributed by atoms with E-state index in [1.807, 2.05) is 42.5 Å². The highest BCUT2D eigenvalue weighted by molar-refractivity contribution is 9.10. The number of likely N-dealkylation sites (N-methyl/N-ethyl adjacent to an activating group) is 1. The summed E-state index contributed by atoms with van der Waals surface area (Å²) in [7, 11) is 1.47. The maximum Gasteiger partial charge on any atom is 0.293 e. The van der Waals surface area contributed by atoms with Crippen LogP contribution in [-0.4, -0.2) is 23.1 Å². The van der Waals surface area contributed by atoms with E-state index >= 15 is 0 Å². The van der Waals surface area contributed by atoms with Gasteiger partial charge in [-0.3, -0.25) is 14.5 Å². The normalized spacial score (nSPS) is 16.0. The van der Waals surface area contributed by atoms with Crippen LogP contribution in [0, 0.1) is 0 Å². The molecule has 0 bridgehead atoms. The minimum atomic E-state index is -0.283. The lowest BCUT2D eigenvalue weighted by molar-refractivity contribution is -0.121. The standard InChI is InChI=1S/C18H13BrClNO3S/c1-21-17(22)16(25-18(21)23)9-12-4-7-15(14(19)8-12)24-10-11-2-5-13(20)6-3-11/h2-9H,10H2,1H3/b16-9-. The van der Waals surface area contributed by atoms with E-state index in [2.05, 4.69) is 15.9 Å². The Bertz CT molecular complexity index is 867. The van der Waals surface area contributed by atoms with Gasteiger partial charge in [0.25, 0.3) is 11.1 Å². The van der Waals surface area contributed by atoms with Crippen molar-refractivity contribution < 1.29 is 14.3 Å². The molecule has 0 atom stereocenters. The molecule has 0 N–H and O–H groups in total. The summed E-state index contributed by atoms with van der Waals surface area (Å²) in [5.74, 6) is 0.407. The van der Waals surface area contributed by atoms with E-state index in [1.54, 1.807) is 6.08 Å². The minimum Gasteiger partial charge on any atom is -0.488 e. The van der Waals surface area contributed by atoms with E-state index in [0.29, 0.717) is 22.3 Å². The van der Waals surface area contributed by atoms with Gasteiger partial charge in [0, 0.05) is 12.1 Å². The number of carbonyl (C=O) groups excluding carboxylic acids is 2. The summed E-state index contributed by atoms with van der Waals surface area (Å²) in [4.78, 5) is 25.0. The van der Waals surface area contributed by atoms with Gasteiger partial charge in [-0.15, -0.1) is 0 Å². The Morgan fingerprint density at radius 2 is 1.92 bits per heavy atom. The molecule has 1 fully saturated rings. The number of nitrogens with zero attached hydrogens (tertiary/aromatic N) is 1. The third-order valence-corrected chi connectivity index (χ3v) is 5.38. The minimum absolute atomic E-state index is 0.266. The van der Waals surface area contributed by atoms with E-state index in [9.17, 15) is 9.59 Å². The first-order valence-electron chi connectivity index (χ1n) is 7.32. The Morgan fingerprint density at radius 1 is 1.20 bits per heavy atom. The van der Waals surface area contributed by atoms with Gasteiger partial charge in [-0.2, -0.15) is 0 Å². The summed E-state index contributed by atoms with van der Waals surface area (Å²) < 4.78 is 6.57. The quantitative estimate of drug-likeness (QED) is 0.604. The molecular formula is C18H13BrClNO3S. The van der Waals surface area contributed by atoms with Crippen LogP contribution in [0.2, 0.25) is 5.02 Å². The van der Waals surface area contributed by atoms with Crippen LogP contribution in [0.3, 0.4) is 0 Å². The van der Waals surface area contributed by atoms with Crippen molar-refractivity contribution in [3.63, 3.8) is 0 Å². The molecule has 0 saturated carbocycles. The van der Waals surface area contributed by atoms with Gasteiger partial charge in [0.05, 0.1) is 9.38 Å². The summed E-state index contributed by atoms with van der Waals surface area (Å²) in [6.45, 7) is 0.420. The smallest absolute Gasteiger partial charge is 0.293 e. The van der Waals surface area contributed by atoms with Gasteiger partial charge in [0.15, 0.2) is 0 Å². The van der Waals surface area contributed by atoms with Crippen molar-refractivity contribution in [2.24, 2.45) is 0 Å². The maximum atomic E-state index is 11.9. The van der Waals surface area contributed by atoms with E-state index < -0.39 is 0 Å². The van der Waals surface area contributed by atoms with Gasteiger partial charge in [-0.1, -0.05) is 29.8 Å². The summed E-state index contributed by atoms with van der Waals surface area (Å²) in [5, 5.41) is 0.420. The Kier molecular flexibility index (Phi) is 5.51. The maximum absolute atomic E-state index is 11.9. The van der Waals surface area contributed by atoms with E-state index in [0.717, 1.165) is 32.3 Å². The molecule has 0 radical (unpaired) electrons. The molecule has 4 nitrogen and oxygen atoms in total. The molecule has 2 amide bonds. The molecule has 2 aromatic carbocycles. The highest BCUT2D eigenvalue weighted by Gasteiger charge is 2.31. The van der Waals surface area contributed by atoms with Crippen LogP contribution in [0.15, 0.2) is 51.8 Å². The average Bonchev–Trinajstić information content (AvgIpc) is 2.83. The fraction of sp³-hybridized carbons (Fsp3) is 0.111. The second-order valence-corrected chi connectivity index (χ2v) is 7.63. The second kappa shape index (κ2) is 7.64. The van der Waals surface area contributed by atoms with Crippen molar-refractivity contribution in [3.8, 4) is 5.75 Å². The predicted octanol–water partition coefficient (Wildman–Crippen LogP) is 5.35. The van der Waals surface area contributed by atoms with Crippen molar-refractivity contribution in [2.45, 2.75) is 6.61 Å². The number of benzene rings is 2. The summed E-state index contributed by atoms with van der Waals surface area (Å²) >= 11 is 10.3. The Morgan fingerprint density at radius 3 is 2.52 bits per heavy atom. The zero-order chi connectivity index (χ0) is 18.0. The van der Waals surface area contributed by atoms with E-state index in [1.165, 1.54) is 7.05 Å². The van der Waals surface area contributed by atoms with Crippen molar-refractivity contribution in [1.29, 1.82) is 0 Å². The molecule has 1 aliphatic rings. The zero-order valence-electron chi connectivity index (χ0n) is 13.2. The molecule has 0 unspecified atom stereocenters. The number of halogens is 2. The van der Waals surface area contributed by atoms with Crippen molar-refractivity contribution in [1.82, 2.24) is 4.90 Å². The molecule has 1 heterocycles. The summed E-state index contributed by atoms with van der Waals surface area (Å²) in [5.41, 5.74) is 1.82. The third kappa shape index (κ3) is 4.26. The second-order valence-electron chi connectivity index (χ2n) is 5.35. The lowest BCUT2D eigenvalue weighted by atomic mass is 10.2. The molecule has 1 aliphatic heterocycles. The Balaban J connectivity index is 1.72. The molecule has 25 heavy (non-hydrogen) atoms. The van der Waals surface area contributed by atoms with Crippen LogP contribution < -0.4 is 4.74 Å². The van der Waals surface area contributed by atoms with Crippen LogP contribution in [0.4, 0.5) is 4.79 Å². The monoisotopic (exact) mass is 437 g/mol. The molecule has 0 aromatic heterocycles. The number of thioether (sulfide) groups is 1. The fourth-order valence-electron chi connectivity index (χ4n) is 2.16. The molecule has 0 aliphatic carbocycles. The van der Waals surface area contributed by atoms with Crippen molar-refractivity contribution in [2.75, 3.05) is 7.05 Å². The fourth-order valence-corrected chi connectivity index (χ4v) is 3.63. The molecule has 3 rings (SSSR count). The van der Waals surface area contributed by atoms with E-state index in [-0.39, 0.29) is 11.1 Å². The first kappa shape index (κ1) is 18.0. The van der Waals surface area contributed by atoms with Crippen LogP contribution in [-0.2, 0) is 11.4 Å². The van der Waals surface area contributed by atoms with Crippen molar-refractivity contribution in [3.05, 3.63) is 68.0 Å². The first-order chi connectivity index (χ1) is 11.9. The SMILES string of the molecule is CN1C(=O)S/C(=C\c2ccc(OCc3ccc(Cl)cc3)c(Br)c2)C1=O. The number of rotatable bonds is 4. The molecule has 2 aromatic rings. The van der Waals surface area contributed by atoms with Gasteiger partial charge >= 0.3 is 0 Å². The lowest BCUT2D eigenvalue weighted by Gasteiger charge is -2.09. The average molecular weight is 439 g/mol. The van der Waals surface area contributed by atoms with Crippen LogP contribution in [0.5, 0.6) is 5.75 Å². The van der Waals surface area contributed by atoms with Gasteiger partial charge in [0.2, 0.25) is 0 Å². The van der Waals surface area contributed by atoms with Gasteiger partial charge in [0.1, 0.15) is 12.4 Å². The number of imide groups is 1. The molecule has 7 heteroatoms. The highest BCUT2D eigenvalue weighted by atomic mass is 79.9. The number of hydrogen-bond donors (Lipinski definition) is 0. The predicted molar refractivity (Wildman–Crippen MR) is 104 cm³/mol. The number of carbonyl (C=O) groups is 2. The van der Waals surface area contributed by atoms with Gasteiger partial charge < -0.3 is 4.74 Å². The lowest BCUT2D eigenvalue weighted by Crippen LogP contribution is -2.22. The van der Waals surface area contributed by atoms with E-state index in [4.69, 9.17) is 16.3 Å². The first-order valence-corrected chi connectivity index (χ1v) is 9.31. The topological polar surface area (TPSA) is 46.6 Å². The highest BCUT2D eigenvalue weighted by Crippen LogP contribution is 2.33. The van der Waals surface area contributed by atoms with Crippen LogP contribution in [0.25, 0.3) is 6.08 Å². The zero-order valence-corrected chi connectivity index (χ0v) is 16.3. The van der Waals surface area contributed by atoms with Crippen LogP contribution >= 0.6 is 39.3 Å². The molecule has 128 valence electrons. The number of hydrogen-bond acceptors (Lipinski definition) is 4. The molecule has 1 saturated heterocycles. The molecular weight excluding hydrogens is 426 g/mol. The Hall–Kier alpha value is -1.76. The largest absolute Gasteiger partial charge is 0.488 e. The number of amides is 2. The van der Waals surface area contributed by atoms with Gasteiger partial charge in [-0.25, -0.2) is 0 Å². The van der Waals surface area contributed by atoms with Gasteiger partial charge in [-0.05, 0) is 69.2 Å². The van der Waals surface area contributed by atoms with Crippen LogP contribution in [0.1, 0.15) is 11.1 Å². The third-order valence-electron chi connectivity index (χ3n) is 3.55.